The maximum Gasteiger partial charge on any atom is 0.143 e. The van der Waals surface area contributed by atoms with Gasteiger partial charge in [-0.2, -0.15) is 0 Å². The number of anilines is 3. The van der Waals surface area contributed by atoms with Crippen molar-refractivity contribution in [1.29, 1.82) is 0 Å². The summed E-state index contributed by atoms with van der Waals surface area (Å²) in [6.45, 7) is 0. The van der Waals surface area contributed by atoms with E-state index < -0.39 is 0 Å². The lowest BCUT2D eigenvalue weighted by Gasteiger charge is -2.28. The second-order valence-electron chi connectivity index (χ2n) is 14.0. The standard InChI is InChI=1S/C52H33NOS/c1-2-12-34(13-3-1)35-24-29-38(30-25-35)53(46-20-8-6-16-42(46)43-19-11-23-49-51(43)44-17-7-9-22-48(44)55-49)39-31-26-37(27-32-39)40-18-10-21-47-50(40)45-33-28-36-14-4-5-15-41(36)52(45)54-47/h1-33H. The molecule has 0 radical (unpaired) electrons. The molecule has 0 aliphatic heterocycles. The molecular formula is C52H33NOS. The third-order valence-corrected chi connectivity index (χ3v) is 12.0. The fourth-order valence-corrected chi connectivity index (χ4v) is 9.47. The molecule has 3 heteroatoms. The summed E-state index contributed by atoms with van der Waals surface area (Å²) in [7, 11) is 0. The molecular weight excluding hydrogens is 687 g/mol. The van der Waals surface area contributed by atoms with Crippen LogP contribution in [0.3, 0.4) is 0 Å². The molecule has 258 valence electrons. The SMILES string of the molecule is c1ccc(-c2ccc(N(c3ccc(-c4cccc5oc6c7ccccc7ccc6c45)cc3)c3ccccc3-c3cccc4sc5ccccc5c34)cc2)cc1. The lowest BCUT2D eigenvalue weighted by atomic mass is 9.96. The summed E-state index contributed by atoms with van der Waals surface area (Å²) in [4.78, 5) is 2.40. The summed E-state index contributed by atoms with van der Waals surface area (Å²) in [5.74, 6) is 0. The largest absolute Gasteiger partial charge is 0.455 e. The van der Waals surface area contributed by atoms with Crippen LogP contribution in [0.4, 0.5) is 17.1 Å². The fourth-order valence-electron chi connectivity index (χ4n) is 8.34. The minimum Gasteiger partial charge on any atom is -0.455 e. The molecule has 55 heavy (non-hydrogen) atoms. The Balaban J connectivity index is 1.08. The zero-order chi connectivity index (χ0) is 36.3. The summed E-state index contributed by atoms with van der Waals surface area (Å²) in [5.41, 5.74) is 12.3. The van der Waals surface area contributed by atoms with Crippen molar-refractivity contribution in [1.82, 2.24) is 0 Å². The molecule has 0 aliphatic carbocycles. The van der Waals surface area contributed by atoms with Crippen LogP contribution >= 0.6 is 11.3 Å². The minimum absolute atomic E-state index is 0.900. The number of rotatable bonds is 6. The van der Waals surface area contributed by atoms with Crippen LogP contribution < -0.4 is 4.90 Å². The molecule has 0 saturated carbocycles. The van der Waals surface area contributed by atoms with Crippen molar-refractivity contribution in [2.75, 3.05) is 4.90 Å². The number of para-hydroxylation sites is 1. The monoisotopic (exact) mass is 719 g/mol. The van der Waals surface area contributed by atoms with E-state index in [-0.39, 0.29) is 0 Å². The predicted octanol–water partition coefficient (Wildman–Crippen LogP) is 15.6. The smallest absolute Gasteiger partial charge is 0.143 e. The van der Waals surface area contributed by atoms with E-state index in [9.17, 15) is 0 Å². The normalized spacial score (nSPS) is 11.6. The molecule has 0 N–H and O–H groups in total. The van der Waals surface area contributed by atoms with Crippen molar-refractivity contribution in [3.8, 4) is 33.4 Å². The average Bonchev–Trinajstić information content (AvgIpc) is 3.84. The fraction of sp³-hybridized carbons (Fsp3) is 0. The van der Waals surface area contributed by atoms with E-state index in [1.54, 1.807) is 0 Å². The van der Waals surface area contributed by atoms with E-state index in [0.717, 1.165) is 55.5 Å². The van der Waals surface area contributed by atoms with Gasteiger partial charge in [-0.25, -0.2) is 0 Å². The Kier molecular flexibility index (Phi) is 7.39. The van der Waals surface area contributed by atoms with Crippen LogP contribution in [-0.4, -0.2) is 0 Å². The van der Waals surface area contributed by atoms with Gasteiger partial charge in [-0.05, 0) is 87.8 Å². The van der Waals surface area contributed by atoms with Gasteiger partial charge in [0.15, 0.2) is 0 Å². The van der Waals surface area contributed by atoms with Crippen molar-refractivity contribution in [2.24, 2.45) is 0 Å². The highest BCUT2D eigenvalue weighted by Gasteiger charge is 2.21. The lowest BCUT2D eigenvalue weighted by Crippen LogP contribution is -2.11. The van der Waals surface area contributed by atoms with E-state index in [2.05, 4.69) is 205 Å². The van der Waals surface area contributed by atoms with Gasteiger partial charge >= 0.3 is 0 Å². The topological polar surface area (TPSA) is 16.4 Å². The maximum atomic E-state index is 6.55. The predicted molar refractivity (Wildman–Crippen MR) is 235 cm³/mol. The molecule has 11 aromatic rings. The van der Waals surface area contributed by atoms with Crippen LogP contribution in [0, 0.1) is 0 Å². The molecule has 0 bridgehead atoms. The van der Waals surface area contributed by atoms with Crippen LogP contribution in [0.2, 0.25) is 0 Å². The van der Waals surface area contributed by atoms with Gasteiger partial charge in [0, 0.05) is 53.3 Å². The van der Waals surface area contributed by atoms with Gasteiger partial charge in [-0.3, -0.25) is 0 Å². The summed E-state index contributed by atoms with van der Waals surface area (Å²) in [5, 5.41) is 7.20. The van der Waals surface area contributed by atoms with Gasteiger partial charge in [0.2, 0.25) is 0 Å². The Bertz CT molecular complexity index is 3190. The first-order valence-corrected chi connectivity index (χ1v) is 19.5. The molecule has 2 heterocycles. The molecule has 0 amide bonds. The average molecular weight is 720 g/mol. The zero-order valence-electron chi connectivity index (χ0n) is 29.8. The second kappa shape index (κ2) is 12.9. The molecule has 0 fully saturated rings. The van der Waals surface area contributed by atoms with Crippen LogP contribution in [0.5, 0.6) is 0 Å². The number of furan rings is 1. The molecule has 2 nitrogen and oxygen atoms in total. The number of fused-ring (bicyclic) bond motifs is 8. The summed E-state index contributed by atoms with van der Waals surface area (Å²) in [6.07, 6.45) is 0. The van der Waals surface area contributed by atoms with Gasteiger partial charge in [-0.1, -0.05) is 146 Å². The first kappa shape index (κ1) is 31.6. The van der Waals surface area contributed by atoms with Crippen molar-refractivity contribution in [3.05, 3.63) is 200 Å². The maximum absolute atomic E-state index is 6.55. The van der Waals surface area contributed by atoms with Crippen molar-refractivity contribution >= 4 is 81.3 Å². The number of hydrogen-bond donors (Lipinski definition) is 0. The Morgan fingerprint density at radius 3 is 1.82 bits per heavy atom. The molecule has 0 saturated heterocycles. The highest BCUT2D eigenvalue weighted by atomic mass is 32.1. The molecule has 9 aromatic carbocycles. The van der Waals surface area contributed by atoms with Gasteiger partial charge in [0.1, 0.15) is 11.2 Å². The number of nitrogens with zero attached hydrogens (tertiary/aromatic N) is 1. The number of benzene rings is 9. The van der Waals surface area contributed by atoms with Crippen molar-refractivity contribution < 1.29 is 4.42 Å². The van der Waals surface area contributed by atoms with Crippen molar-refractivity contribution in [2.45, 2.75) is 0 Å². The summed E-state index contributed by atoms with van der Waals surface area (Å²) in [6, 6.07) is 72.1. The number of thiophene rings is 1. The minimum atomic E-state index is 0.900. The van der Waals surface area contributed by atoms with E-state index >= 15 is 0 Å². The van der Waals surface area contributed by atoms with Crippen LogP contribution in [0.25, 0.3) is 86.3 Å². The lowest BCUT2D eigenvalue weighted by molar-refractivity contribution is 0.673. The third-order valence-electron chi connectivity index (χ3n) is 10.9. The highest BCUT2D eigenvalue weighted by Crippen LogP contribution is 2.47. The molecule has 0 unspecified atom stereocenters. The second-order valence-corrected chi connectivity index (χ2v) is 15.1. The first-order valence-electron chi connectivity index (χ1n) is 18.7. The Morgan fingerprint density at radius 1 is 0.364 bits per heavy atom. The Morgan fingerprint density at radius 2 is 0.982 bits per heavy atom. The number of hydrogen-bond acceptors (Lipinski definition) is 3. The zero-order valence-corrected chi connectivity index (χ0v) is 30.6. The van der Waals surface area contributed by atoms with Crippen LogP contribution in [-0.2, 0) is 0 Å². The Hall–Kier alpha value is -6.94. The van der Waals surface area contributed by atoms with Gasteiger partial charge in [0.25, 0.3) is 0 Å². The molecule has 2 aromatic heterocycles. The van der Waals surface area contributed by atoms with E-state index in [1.165, 1.54) is 47.8 Å². The molecule has 0 aliphatic rings. The summed E-state index contributed by atoms with van der Waals surface area (Å²) >= 11 is 1.86. The van der Waals surface area contributed by atoms with Crippen LogP contribution in [0.1, 0.15) is 0 Å². The van der Waals surface area contributed by atoms with E-state index in [0.29, 0.717) is 0 Å². The summed E-state index contributed by atoms with van der Waals surface area (Å²) < 4.78 is 9.15. The molecule has 0 spiro atoms. The van der Waals surface area contributed by atoms with Gasteiger partial charge in [0.05, 0.1) is 5.69 Å². The van der Waals surface area contributed by atoms with Gasteiger partial charge in [-0.15, -0.1) is 11.3 Å². The molecule has 11 rings (SSSR count). The highest BCUT2D eigenvalue weighted by molar-refractivity contribution is 7.25. The molecule has 0 atom stereocenters. The van der Waals surface area contributed by atoms with Crippen molar-refractivity contribution in [3.63, 3.8) is 0 Å². The first-order chi connectivity index (χ1) is 27.3. The Labute approximate surface area is 322 Å². The van der Waals surface area contributed by atoms with E-state index in [1.807, 2.05) is 11.3 Å². The van der Waals surface area contributed by atoms with Crippen LogP contribution in [0.15, 0.2) is 205 Å². The van der Waals surface area contributed by atoms with E-state index in [4.69, 9.17) is 4.42 Å². The quantitative estimate of drug-likeness (QED) is 0.170. The van der Waals surface area contributed by atoms with Gasteiger partial charge < -0.3 is 9.32 Å². The third kappa shape index (κ3) is 5.24.